The lowest BCUT2D eigenvalue weighted by Gasteiger charge is -2.27. The van der Waals surface area contributed by atoms with Gasteiger partial charge in [0.2, 0.25) is 0 Å². The number of aliphatic hydroxyl groups is 1. The van der Waals surface area contributed by atoms with Gasteiger partial charge in [0.05, 0.1) is 6.10 Å². The fourth-order valence-electron chi connectivity index (χ4n) is 1.62. The molecule has 1 rings (SSSR count). The molecule has 0 bridgehead atoms. The average Bonchev–Trinajstić information content (AvgIpc) is 2.28. The summed E-state index contributed by atoms with van der Waals surface area (Å²) in [6.45, 7) is 2.56. The van der Waals surface area contributed by atoms with Crippen LogP contribution in [-0.4, -0.2) is 36.2 Å². The zero-order valence-electron chi connectivity index (χ0n) is 9.73. The van der Waals surface area contributed by atoms with Crippen molar-refractivity contribution in [2.24, 2.45) is 5.73 Å². The Bertz CT molecular complexity index is 333. The zero-order chi connectivity index (χ0) is 12.1. The molecule has 2 atom stereocenters. The first-order valence-corrected chi connectivity index (χ1v) is 5.39. The fourth-order valence-corrected chi connectivity index (χ4v) is 1.62. The highest BCUT2D eigenvalue weighted by Crippen LogP contribution is 2.21. The second kappa shape index (κ2) is 5.94. The molecule has 1 aromatic rings. The Balaban J connectivity index is 2.70. The van der Waals surface area contributed by atoms with Crippen LogP contribution >= 0.6 is 0 Å². The summed E-state index contributed by atoms with van der Waals surface area (Å²) < 4.78 is 13.5. The first kappa shape index (κ1) is 13.1. The van der Waals surface area contributed by atoms with Gasteiger partial charge in [-0.05, 0) is 20.0 Å². The van der Waals surface area contributed by atoms with Crippen molar-refractivity contribution in [3.63, 3.8) is 0 Å². The number of hydrogen-bond acceptors (Lipinski definition) is 3. The van der Waals surface area contributed by atoms with Crippen molar-refractivity contribution in [2.45, 2.75) is 19.1 Å². The predicted molar refractivity (Wildman–Crippen MR) is 62.5 cm³/mol. The van der Waals surface area contributed by atoms with E-state index in [1.165, 1.54) is 6.07 Å². The van der Waals surface area contributed by atoms with Gasteiger partial charge in [0.1, 0.15) is 5.82 Å². The first-order valence-electron chi connectivity index (χ1n) is 5.39. The van der Waals surface area contributed by atoms with Crippen LogP contribution in [0.1, 0.15) is 18.5 Å². The van der Waals surface area contributed by atoms with Crippen LogP contribution in [0.5, 0.6) is 0 Å². The monoisotopic (exact) mass is 226 g/mol. The quantitative estimate of drug-likeness (QED) is 0.791. The SMILES string of the molecule is CC(c1ccccc1F)N(C)CC(O)CN. The van der Waals surface area contributed by atoms with E-state index in [1.807, 2.05) is 24.9 Å². The minimum Gasteiger partial charge on any atom is -0.390 e. The summed E-state index contributed by atoms with van der Waals surface area (Å²) >= 11 is 0. The Morgan fingerprint density at radius 3 is 2.62 bits per heavy atom. The Kier molecular flexibility index (Phi) is 4.86. The molecular weight excluding hydrogens is 207 g/mol. The lowest BCUT2D eigenvalue weighted by molar-refractivity contribution is 0.113. The van der Waals surface area contributed by atoms with Gasteiger partial charge in [-0.15, -0.1) is 0 Å². The molecule has 4 heteroatoms. The van der Waals surface area contributed by atoms with Gasteiger partial charge in [0.15, 0.2) is 0 Å². The summed E-state index contributed by atoms with van der Waals surface area (Å²) in [5, 5.41) is 9.43. The summed E-state index contributed by atoms with van der Waals surface area (Å²) in [7, 11) is 1.84. The molecule has 2 unspecified atom stereocenters. The van der Waals surface area contributed by atoms with Crippen LogP contribution in [0.15, 0.2) is 24.3 Å². The van der Waals surface area contributed by atoms with Crippen molar-refractivity contribution in [3.8, 4) is 0 Å². The van der Waals surface area contributed by atoms with Gasteiger partial charge in [-0.25, -0.2) is 4.39 Å². The number of likely N-dealkylation sites (N-methyl/N-ethyl adjacent to an activating group) is 1. The molecule has 0 fully saturated rings. The molecule has 0 aromatic heterocycles. The smallest absolute Gasteiger partial charge is 0.127 e. The third-order valence-electron chi connectivity index (χ3n) is 2.79. The molecule has 0 radical (unpaired) electrons. The van der Waals surface area contributed by atoms with Crippen molar-refractivity contribution in [1.82, 2.24) is 4.90 Å². The van der Waals surface area contributed by atoms with Crippen molar-refractivity contribution >= 4 is 0 Å². The number of nitrogens with two attached hydrogens (primary N) is 1. The van der Waals surface area contributed by atoms with Crippen LogP contribution in [0.3, 0.4) is 0 Å². The number of rotatable bonds is 5. The molecule has 0 aliphatic carbocycles. The van der Waals surface area contributed by atoms with Gasteiger partial charge in [0.25, 0.3) is 0 Å². The number of hydrogen-bond donors (Lipinski definition) is 2. The highest BCUT2D eigenvalue weighted by atomic mass is 19.1. The minimum absolute atomic E-state index is 0.0811. The topological polar surface area (TPSA) is 49.5 Å². The normalized spacial score (nSPS) is 15.1. The Morgan fingerprint density at radius 2 is 2.06 bits per heavy atom. The van der Waals surface area contributed by atoms with Crippen LogP contribution in [-0.2, 0) is 0 Å². The Labute approximate surface area is 95.7 Å². The highest BCUT2D eigenvalue weighted by Gasteiger charge is 2.17. The van der Waals surface area contributed by atoms with Crippen molar-refractivity contribution in [1.29, 1.82) is 0 Å². The van der Waals surface area contributed by atoms with E-state index in [0.29, 0.717) is 12.1 Å². The second-order valence-electron chi connectivity index (χ2n) is 4.03. The number of nitrogens with zero attached hydrogens (tertiary/aromatic N) is 1. The molecule has 16 heavy (non-hydrogen) atoms. The lowest BCUT2D eigenvalue weighted by atomic mass is 10.1. The maximum Gasteiger partial charge on any atom is 0.127 e. The average molecular weight is 226 g/mol. The first-order chi connectivity index (χ1) is 7.56. The van der Waals surface area contributed by atoms with E-state index >= 15 is 0 Å². The van der Waals surface area contributed by atoms with E-state index in [0.717, 1.165) is 0 Å². The van der Waals surface area contributed by atoms with Crippen LogP contribution in [0.25, 0.3) is 0 Å². The molecule has 0 amide bonds. The Hall–Kier alpha value is -0.970. The van der Waals surface area contributed by atoms with Crippen LogP contribution in [0, 0.1) is 5.82 Å². The summed E-state index contributed by atoms with van der Waals surface area (Å²) in [4.78, 5) is 1.88. The molecule has 3 nitrogen and oxygen atoms in total. The molecule has 0 heterocycles. The Morgan fingerprint density at radius 1 is 1.44 bits per heavy atom. The summed E-state index contributed by atoms with van der Waals surface area (Å²) in [5.41, 5.74) is 5.97. The summed E-state index contributed by atoms with van der Waals surface area (Å²) in [5.74, 6) is -0.218. The molecule has 90 valence electrons. The van der Waals surface area contributed by atoms with E-state index in [9.17, 15) is 9.50 Å². The number of halogens is 1. The van der Waals surface area contributed by atoms with Gasteiger partial charge in [-0.2, -0.15) is 0 Å². The van der Waals surface area contributed by atoms with Crippen LogP contribution in [0.4, 0.5) is 4.39 Å². The van der Waals surface area contributed by atoms with Crippen LogP contribution < -0.4 is 5.73 Å². The van der Waals surface area contributed by atoms with Gasteiger partial charge in [-0.1, -0.05) is 18.2 Å². The van der Waals surface area contributed by atoms with Crippen molar-refractivity contribution < 1.29 is 9.50 Å². The molecular formula is C12H19FN2O. The van der Waals surface area contributed by atoms with Crippen molar-refractivity contribution in [2.75, 3.05) is 20.1 Å². The molecule has 0 saturated carbocycles. The maximum absolute atomic E-state index is 13.5. The van der Waals surface area contributed by atoms with Crippen molar-refractivity contribution in [3.05, 3.63) is 35.6 Å². The zero-order valence-corrected chi connectivity index (χ0v) is 9.73. The number of benzene rings is 1. The van der Waals surface area contributed by atoms with Gasteiger partial charge >= 0.3 is 0 Å². The van der Waals surface area contributed by atoms with Gasteiger partial charge in [-0.3, -0.25) is 4.90 Å². The largest absolute Gasteiger partial charge is 0.390 e. The van der Waals surface area contributed by atoms with E-state index in [2.05, 4.69) is 0 Å². The van der Waals surface area contributed by atoms with Gasteiger partial charge < -0.3 is 10.8 Å². The van der Waals surface area contributed by atoms with Gasteiger partial charge in [0, 0.05) is 24.7 Å². The minimum atomic E-state index is -0.570. The molecule has 0 saturated heterocycles. The fraction of sp³-hybridized carbons (Fsp3) is 0.500. The molecule has 3 N–H and O–H groups in total. The third kappa shape index (κ3) is 3.27. The molecule has 1 aromatic carbocycles. The van der Waals surface area contributed by atoms with E-state index in [-0.39, 0.29) is 18.4 Å². The number of aliphatic hydroxyl groups excluding tert-OH is 1. The lowest BCUT2D eigenvalue weighted by Crippen LogP contribution is -2.35. The maximum atomic E-state index is 13.5. The summed E-state index contributed by atoms with van der Waals surface area (Å²) in [6.07, 6.45) is -0.570. The van der Waals surface area contributed by atoms with E-state index in [1.54, 1.807) is 12.1 Å². The third-order valence-corrected chi connectivity index (χ3v) is 2.79. The van der Waals surface area contributed by atoms with Crippen LogP contribution in [0.2, 0.25) is 0 Å². The summed E-state index contributed by atoms with van der Waals surface area (Å²) in [6, 6.07) is 6.59. The molecule has 0 spiro atoms. The van der Waals surface area contributed by atoms with E-state index < -0.39 is 6.10 Å². The second-order valence-corrected chi connectivity index (χ2v) is 4.03. The highest BCUT2D eigenvalue weighted by molar-refractivity contribution is 5.20. The molecule has 0 aliphatic rings. The predicted octanol–water partition coefficient (Wildman–Crippen LogP) is 1.14. The molecule has 0 aliphatic heterocycles. The standard InChI is InChI=1S/C12H19FN2O/c1-9(15(2)8-10(16)7-14)11-5-3-4-6-12(11)13/h3-6,9-10,16H,7-8,14H2,1-2H3. The van der Waals surface area contributed by atoms with E-state index in [4.69, 9.17) is 5.73 Å².